The smallest absolute Gasteiger partial charge is 0.229 e. The Morgan fingerprint density at radius 3 is 2.57 bits per heavy atom. The van der Waals surface area contributed by atoms with Gasteiger partial charge in [-0.3, -0.25) is 0 Å². The van der Waals surface area contributed by atoms with Crippen molar-refractivity contribution < 1.29 is 4.52 Å². The zero-order chi connectivity index (χ0) is 20.7. The van der Waals surface area contributed by atoms with Crippen LogP contribution < -0.4 is 4.90 Å². The topological polar surface area (TPSA) is 96.1 Å². The molecule has 5 rings (SSSR count). The molecular formula is C21H21N7OS. The Balaban J connectivity index is 1.28. The standard InChI is InChI=1S/C21H21N7OS/c1-13(2)18-24-19(29-26-18)16-7-9-27(10-8-16)21-25-28-12-17(23-20(28)30-21)15-5-3-14(11-22)4-6-15/h3-6,12-13,16H,7-10H2,1-2H3. The Kier molecular flexibility index (Phi) is 4.71. The first kappa shape index (κ1) is 18.8. The molecule has 1 aliphatic rings. The number of anilines is 1. The molecule has 9 heteroatoms. The maximum Gasteiger partial charge on any atom is 0.229 e. The van der Waals surface area contributed by atoms with Crippen LogP contribution >= 0.6 is 11.3 Å². The van der Waals surface area contributed by atoms with E-state index in [1.807, 2.05) is 22.8 Å². The summed E-state index contributed by atoms with van der Waals surface area (Å²) >= 11 is 1.59. The second-order valence-electron chi connectivity index (χ2n) is 7.83. The van der Waals surface area contributed by atoms with Gasteiger partial charge in [0.25, 0.3) is 0 Å². The van der Waals surface area contributed by atoms with Gasteiger partial charge < -0.3 is 9.42 Å². The Hall–Kier alpha value is -3.25. The van der Waals surface area contributed by atoms with Gasteiger partial charge in [0.05, 0.1) is 23.5 Å². The summed E-state index contributed by atoms with van der Waals surface area (Å²) in [5, 5.41) is 18.8. The fourth-order valence-corrected chi connectivity index (χ4v) is 4.57. The lowest BCUT2D eigenvalue weighted by molar-refractivity contribution is 0.326. The zero-order valence-electron chi connectivity index (χ0n) is 16.8. The van der Waals surface area contributed by atoms with Crippen LogP contribution in [0.4, 0.5) is 5.13 Å². The average molecular weight is 420 g/mol. The highest BCUT2D eigenvalue weighted by atomic mass is 32.1. The second-order valence-corrected chi connectivity index (χ2v) is 8.77. The van der Waals surface area contributed by atoms with Gasteiger partial charge in [-0.15, -0.1) is 5.10 Å². The molecule has 4 aromatic rings. The van der Waals surface area contributed by atoms with Crippen LogP contribution in [-0.4, -0.2) is 37.8 Å². The van der Waals surface area contributed by atoms with Gasteiger partial charge in [0.1, 0.15) is 0 Å². The van der Waals surface area contributed by atoms with Crippen molar-refractivity contribution >= 4 is 21.4 Å². The molecule has 0 unspecified atom stereocenters. The van der Waals surface area contributed by atoms with Crippen molar-refractivity contribution in [2.24, 2.45) is 0 Å². The van der Waals surface area contributed by atoms with E-state index >= 15 is 0 Å². The van der Waals surface area contributed by atoms with Crippen molar-refractivity contribution in [1.82, 2.24) is 24.7 Å². The lowest BCUT2D eigenvalue weighted by Gasteiger charge is -2.29. The molecule has 1 aliphatic heterocycles. The summed E-state index contributed by atoms with van der Waals surface area (Å²) in [6.07, 6.45) is 3.88. The van der Waals surface area contributed by atoms with Crippen LogP contribution in [0.15, 0.2) is 35.0 Å². The highest BCUT2D eigenvalue weighted by Gasteiger charge is 2.27. The number of nitriles is 1. The van der Waals surface area contributed by atoms with E-state index in [0.717, 1.165) is 59.0 Å². The van der Waals surface area contributed by atoms with E-state index in [2.05, 4.69) is 35.0 Å². The molecule has 0 aliphatic carbocycles. The van der Waals surface area contributed by atoms with Crippen LogP contribution in [0.3, 0.4) is 0 Å². The largest absolute Gasteiger partial charge is 0.347 e. The molecule has 1 fully saturated rings. The van der Waals surface area contributed by atoms with Crippen LogP contribution in [0.5, 0.6) is 0 Å². The van der Waals surface area contributed by atoms with E-state index in [0.29, 0.717) is 11.5 Å². The number of nitrogens with zero attached hydrogens (tertiary/aromatic N) is 7. The van der Waals surface area contributed by atoms with Crippen molar-refractivity contribution in [3.8, 4) is 17.3 Å². The fraction of sp³-hybridized carbons (Fsp3) is 0.381. The molecule has 8 nitrogen and oxygen atoms in total. The lowest BCUT2D eigenvalue weighted by Crippen LogP contribution is -2.33. The van der Waals surface area contributed by atoms with Crippen LogP contribution in [-0.2, 0) is 0 Å². The Morgan fingerprint density at radius 1 is 1.17 bits per heavy atom. The minimum atomic E-state index is 0.281. The van der Waals surface area contributed by atoms with Crippen LogP contribution in [0.1, 0.15) is 55.8 Å². The van der Waals surface area contributed by atoms with Crippen LogP contribution in [0, 0.1) is 11.3 Å². The van der Waals surface area contributed by atoms with Gasteiger partial charge >= 0.3 is 0 Å². The normalized spacial score (nSPS) is 15.2. The van der Waals surface area contributed by atoms with Crippen LogP contribution in [0.25, 0.3) is 16.2 Å². The molecule has 1 saturated heterocycles. The molecule has 1 aromatic carbocycles. The number of hydrogen-bond donors (Lipinski definition) is 0. The monoisotopic (exact) mass is 419 g/mol. The molecule has 4 heterocycles. The number of benzene rings is 1. The van der Waals surface area contributed by atoms with E-state index in [1.165, 1.54) is 0 Å². The van der Waals surface area contributed by atoms with Gasteiger partial charge in [-0.05, 0) is 25.0 Å². The quantitative estimate of drug-likeness (QED) is 0.488. The molecule has 3 aromatic heterocycles. The summed E-state index contributed by atoms with van der Waals surface area (Å²) < 4.78 is 7.33. The number of piperidine rings is 1. The molecule has 0 spiro atoms. The van der Waals surface area contributed by atoms with E-state index < -0.39 is 0 Å². The number of aromatic nitrogens is 5. The predicted molar refractivity (Wildman–Crippen MR) is 114 cm³/mol. The summed E-state index contributed by atoms with van der Waals surface area (Å²) in [7, 11) is 0. The molecule has 0 N–H and O–H groups in total. The highest BCUT2D eigenvalue weighted by Crippen LogP contribution is 2.33. The van der Waals surface area contributed by atoms with E-state index in [1.54, 1.807) is 23.5 Å². The fourth-order valence-electron chi connectivity index (χ4n) is 3.64. The number of imidazole rings is 1. The first-order valence-corrected chi connectivity index (χ1v) is 10.9. The first-order chi connectivity index (χ1) is 14.6. The zero-order valence-corrected chi connectivity index (χ0v) is 17.6. The molecular weight excluding hydrogens is 398 g/mol. The molecule has 0 radical (unpaired) electrons. The molecule has 0 bridgehead atoms. The summed E-state index contributed by atoms with van der Waals surface area (Å²) in [6.45, 7) is 5.96. The summed E-state index contributed by atoms with van der Waals surface area (Å²) in [5.41, 5.74) is 2.49. The number of hydrogen-bond acceptors (Lipinski definition) is 8. The molecule has 152 valence electrons. The Bertz CT molecular complexity index is 1170. The van der Waals surface area contributed by atoms with Gasteiger partial charge in [0, 0.05) is 30.5 Å². The minimum Gasteiger partial charge on any atom is -0.347 e. The Labute approximate surface area is 177 Å². The van der Waals surface area contributed by atoms with Crippen molar-refractivity contribution in [2.45, 2.75) is 38.5 Å². The highest BCUT2D eigenvalue weighted by molar-refractivity contribution is 7.20. The number of fused-ring (bicyclic) bond motifs is 1. The van der Waals surface area contributed by atoms with Crippen molar-refractivity contribution in [2.75, 3.05) is 18.0 Å². The summed E-state index contributed by atoms with van der Waals surface area (Å²) in [4.78, 5) is 12.4. The van der Waals surface area contributed by atoms with Crippen molar-refractivity contribution in [3.05, 3.63) is 47.7 Å². The molecule has 0 saturated carbocycles. The average Bonchev–Trinajstić information content (AvgIpc) is 3.49. The van der Waals surface area contributed by atoms with Gasteiger partial charge in [-0.2, -0.15) is 10.2 Å². The Morgan fingerprint density at radius 2 is 1.93 bits per heavy atom. The van der Waals surface area contributed by atoms with Crippen molar-refractivity contribution in [1.29, 1.82) is 5.26 Å². The van der Waals surface area contributed by atoms with Gasteiger partial charge in [0.2, 0.25) is 16.0 Å². The van der Waals surface area contributed by atoms with Gasteiger partial charge in [-0.1, -0.05) is 42.5 Å². The third-order valence-electron chi connectivity index (χ3n) is 5.43. The maximum absolute atomic E-state index is 8.94. The van der Waals surface area contributed by atoms with E-state index in [-0.39, 0.29) is 5.92 Å². The second kappa shape index (κ2) is 7.54. The summed E-state index contributed by atoms with van der Waals surface area (Å²) in [5.74, 6) is 2.14. The predicted octanol–water partition coefficient (Wildman–Crippen LogP) is 4.22. The third kappa shape index (κ3) is 3.44. The summed E-state index contributed by atoms with van der Waals surface area (Å²) in [6, 6.07) is 9.58. The SMILES string of the molecule is CC(C)c1noc(C2CCN(c3nn4cc(-c5ccc(C#N)cc5)nc4s3)CC2)n1. The first-order valence-electron chi connectivity index (χ1n) is 10.1. The van der Waals surface area contributed by atoms with Gasteiger partial charge in [0.15, 0.2) is 5.82 Å². The van der Waals surface area contributed by atoms with Crippen LogP contribution in [0.2, 0.25) is 0 Å². The van der Waals surface area contributed by atoms with Gasteiger partial charge in [-0.25, -0.2) is 9.50 Å². The maximum atomic E-state index is 8.94. The van der Waals surface area contributed by atoms with Crippen molar-refractivity contribution in [3.63, 3.8) is 0 Å². The molecule has 30 heavy (non-hydrogen) atoms. The molecule has 0 amide bonds. The van der Waals surface area contributed by atoms with E-state index in [4.69, 9.17) is 19.9 Å². The van der Waals surface area contributed by atoms with E-state index in [9.17, 15) is 0 Å². The minimum absolute atomic E-state index is 0.281. The number of rotatable bonds is 4. The third-order valence-corrected chi connectivity index (χ3v) is 6.41. The lowest BCUT2D eigenvalue weighted by atomic mass is 9.97. The molecule has 0 atom stereocenters.